The summed E-state index contributed by atoms with van der Waals surface area (Å²) in [6, 6.07) is 20.3. The second-order valence-electron chi connectivity index (χ2n) is 7.08. The molecule has 0 aliphatic carbocycles. The third-order valence-electron chi connectivity index (χ3n) is 4.88. The molecule has 1 heterocycles. The highest BCUT2D eigenvalue weighted by atomic mass is 79.9. The summed E-state index contributed by atoms with van der Waals surface area (Å²) in [6.45, 7) is 0. The van der Waals surface area contributed by atoms with Gasteiger partial charge in [0.05, 0.1) is 23.5 Å². The third-order valence-corrected chi connectivity index (χ3v) is 5.72. The Balaban J connectivity index is 1.69. The molecule has 0 fully saturated rings. The molecule has 0 bridgehead atoms. The van der Waals surface area contributed by atoms with Crippen LogP contribution in [0.15, 0.2) is 77.4 Å². The van der Waals surface area contributed by atoms with Crippen molar-refractivity contribution in [3.63, 3.8) is 0 Å². The van der Waals surface area contributed by atoms with Gasteiger partial charge in [-0.15, -0.1) is 0 Å². The summed E-state index contributed by atoms with van der Waals surface area (Å²) in [5.74, 6) is 0.778. The Hall–Kier alpha value is -3.29. The van der Waals surface area contributed by atoms with Crippen molar-refractivity contribution < 1.29 is 9.53 Å². The number of hydrogen-bond donors (Lipinski definition) is 2. The molecule has 2 amide bonds. The summed E-state index contributed by atoms with van der Waals surface area (Å²) >= 11 is 9.49. The lowest BCUT2D eigenvalue weighted by Gasteiger charge is -2.13. The first-order valence-electron chi connectivity index (χ1n) is 9.74. The molecule has 2 N–H and O–H groups in total. The van der Waals surface area contributed by atoms with Crippen molar-refractivity contribution in [3.05, 3.63) is 82.4 Å². The maximum absolute atomic E-state index is 12.6. The summed E-state index contributed by atoms with van der Waals surface area (Å²) < 4.78 is 7.92. The molecule has 0 unspecified atom stereocenters. The second-order valence-corrected chi connectivity index (χ2v) is 8.37. The van der Waals surface area contributed by atoms with Crippen LogP contribution in [-0.4, -0.2) is 22.9 Å². The van der Waals surface area contributed by atoms with E-state index in [1.807, 2.05) is 43.4 Å². The number of amides is 2. The van der Waals surface area contributed by atoms with Crippen molar-refractivity contribution in [2.75, 3.05) is 17.7 Å². The Kier molecular flexibility index (Phi) is 6.48. The predicted octanol–water partition coefficient (Wildman–Crippen LogP) is 6.82. The van der Waals surface area contributed by atoms with Crippen molar-refractivity contribution in [1.29, 1.82) is 0 Å². The number of rotatable bonds is 5. The molecule has 8 heteroatoms. The number of nitrogens with zero attached hydrogens (tertiary/aromatic N) is 2. The topological polar surface area (TPSA) is 68.2 Å². The summed E-state index contributed by atoms with van der Waals surface area (Å²) in [6.07, 6.45) is 1.75. The number of carbonyl (C=O) groups excluding carboxylic acids is 1. The Bertz CT molecular complexity index is 1230. The van der Waals surface area contributed by atoms with Crippen LogP contribution in [0.2, 0.25) is 5.02 Å². The SMILES string of the molecule is COc1ccc(-c2cc(NC(=O)Nc3ccc(Cl)cc3)cc(-c3c(Br)cnn3C)c2)cc1. The minimum absolute atomic E-state index is 0.353. The van der Waals surface area contributed by atoms with Crippen LogP contribution in [0.25, 0.3) is 22.4 Å². The number of benzene rings is 3. The molecular formula is C24H20BrClN4O2. The number of urea groups is 1. The van der Waals surface area contributed by atoms with Gasteiger partial charge in [-0.1, -0.05) is 23.7 Å². The van der Waals surface area contributed by atoms with Gasteiger partial charge in [0.25, 0.3) is 0 Å². The number of aryl methyl sites for hydroxylation is 1. The molecule has 0 aliphatic heterocycles. The Morgan fingerprint density at radius 2 is 1.59 bits per heavy atom. The van der Waals surface area contributed by atoms with Gasteiger partial charge in [-0.25, -0.2) is 4.79 Å². The lowest BCUT2D eigenvalue weighted by Crippen LogP contribution is -2.19. The monoisotopic (exact) mass is 510 g/mol. The quantitative estimate of drug-likeness (QED) is 0.309. The van der Waals surface area contributed by atoms with E-state index < -0.39 is 0 Å². The minimum Gasteiger partial charge on any atom is -0.497 e. The molecular weight excluding hydrogens is 492 g/mol. The molecule has 4 rings (SSSR count). The number of nitrogens with one attached hydrogen (secondary N) is 2. The number of halogens is 2. The summed E-state index contributed by atoms with van der Waals surface area (Å²) in [7, 11) is 3.51. The van der Waals surface area contributed by atoms with Crippen LogP contribution in [0.4, 0.5) is 16.2 Å². The van der Waals surface area contributed by atoms with Crippen LogP contribution in [0.5, 0.6) is 5.75 Å². The normalized spacial score (nSPS) is 10.6. The average molecular weight is 512 g/mol. The van der Waals surface area contributed by atoms with E-state index in [1.54, 1.807) is 42.3 Å². The molecule has 32 heavy (non-hydrogen) atoms. The first-order valence-corrected chi connectivity index (χ1v) is 10.9. The van der Waals surface area contributed by atoms with Crippen LogP contribution in [0.1, 0.15) is 0 Å². The average Bonchev–Trinajstić information content (AvgIpc) is 3.13. The minimum atomic E-state index is -0.353. The molecule has 4 aromatic rings. The van der Waals surface area contributed by atoms with Gasteiger partial charge < -0.3 is 15.4 Å². The van der Waals surface area contributed by atoms with Gasteiger partial charge in [0.15, 0.2) is 0 Å². The molecule has 3 aromatic carbocycles. The summed E-state index contributed by atoms with van der Waals surface area (Å²) in [5, 5.41) is 10.7. The maximum Gasteiger partial charge on any atom is 0.323 e. The predicted molar refractivity (Wildman–Crippen MR) is 132 cm³/mol. The molecule has 0 atom stereocenters. The van der Waals surface area contributed by atoms with Crippen LogP contribution >= 0.6 is 27.5 Å². The molecule has 0 saturated heterocycles. The lowest BCUT2D eigenvalue weighted by atomic mass is 10.0. The Morgan fingerprint density at radius 3 is 2.22 bits per heavy atom. The first-order chi connectivity index (χ1) is 15.4. The molecule has 6 nitrogen and oxygen atoms in total. The van der Waals surface area contributed by atoms with Crippen LogP contribution in [-0.2, 0) is 7.05 Å². The first kappa shape index (κ1) is 21.9. The van der Waals surface area contributed by atoms with E-state index in [-0.39, 0.29) is 6.03 Å². The molecule has 0 saturated carbocycles. The molecule has 0 spiro atoms. The van der Waals surface area contributed by atoms with Crippen molar-refractivity contribution in [1.82, 2.24) is 9.78 Å². The largest absolute Gasteiger partial charge is 0.497 e. The van der Waals surface area contributed by atoms with Gasteiger partial charge in [0.2, 0.25) is 0 Å². The van der Waals surface area contributed by atoms with Gasteiger partial charge in [0.1, 0.15) is 5.75 Å². The van der Waals surface area contributed by atoms with Gasteiger partial charge in [-0.3, -0.25) is 4.68 Å². The number of hydrogen-bond acceptors (Lipinski definition) is 3. The zero-order chi connectivity index (χ0) is 22.7. The standard InChI is InChI=1S/C24H20BrClN4O2/c1-30-23(22(25)14-27-30)17-11-16(15-3-9-21(32-2)10-4-15)12-20(13-17)29-24(31)28-19-7-5-18(26)6-8-19/h3-14H,1-2H3,(H2,28,29,31). The second kappa shape index (κ2) is 9.46. The number of methoxy groups -OCH3 is 1. The van der Waals surface area contributed by atoms with E-state index in [0.29, 0.717) is 16.4 Å². The highest BCUT2D eigenvalue weighted by molar-refractivity contribution is 9.10. The van der Waals surface area contributed by atoms with E-state index in [9.17, 15) is 4.79 Å². The maximum atomic E-state index is 12.6. The highest BCUT2D eigenvalue weighted by Crippen LogP contribution is 2.34. The zero-order valence-electron chi connectivity index (χ0n) is 17.4. The number of anilines is 2. The van der Waals surface area contributed by atoms with Gasteiger partial charge in [-0.2, -0.15) is 5.10 Å². The van der Waals surface area contributed by atoms with Gasteiger partial charge in [0, 0.05) is 29.0 Å². The number of carbonyl (C=O) groups is 1. The fourth-order valence-corrected chi connectivity index (χ4v) is 4.05. The van der Waals surface area contributed by atoms with Gasteiger partial charge in [-0.05, 0) is 81.7 Å². The van der Waals surface area contributed by atoms with Crippen LogP contribution in [0, 0.1) is 0 Å². The van der Waals surface area contributed by atoms with Crippen molar-refractivity contribution in [3.8, 4) is 28.1 Å². The van der Waals surface area contributed by atoms with E-state index in [4.69, 9.17) is 16.3 Å². The molecule has 0 radical (unpaired) electrons. The third kappa shape index (κ3) is 4.95. The highest BCUT2D eigenvalue weighted by Gasteiger charge is 2.13. The van der Waals surface area contributed by atoms with Crippen molar-refractivity contribution in [2.45, 2.75) is 0 Å². The van der Waals surface area contributed by atoms with E-state index in [2.05, 4.69) is 37.7 Å². The van der Waals surface area contributed by atoms with E-state index >= 15 is 0 Å². The Labute approximate surface area is 199 Å². The number of ether oxygens (including phenoxy) is 1. The van der Waals surface area contributed by atoms with Crippen molar-refractivity contribution in [2.24, 2.45) is 7.05 Å². The smallest absolute Gasteiger partial charge is 0.323 e. The summed E-state index contributed by atoms with van der Waals surface area (Å²) in [4.78, 5) is 12.6. The molecule has 0 aliphatic rings. The van der Waals surface area contributed by atoms with E-state index in [1.165, 1.54) is 0 Å². The van der Waals surface area contributed by atoms with E-state index in [0.717, 1.165) is 32.6 Å². The molecule has 162 valence electrons. The fraction of sp³-hybridized carbons (Fsp3) is 0.0833. The van der Waals surface area contributed by atoms with Gasteiger partial charge >= 0.3 is 6.03 Å². The zero-order valence-corrected chi connectivity index (χ0v) is 19.7. The fourth-order valence-electron chi connectivity index (χ4n) is 3.35. The van der Waals surface area contributed by atoms with Crippen LogP contribution < -0.4 is 15.4 Å². The molecule has 1 aromatic heterocycles. The summed E-state index contributed by atoms with van der Waals surface area (Å²) in [5.41, 5.74) is 5.04. The Morgan fingerprint density at radius 1 is 0.938 bits per heavy atom. The lowest BCUT2D eigenvalue weighted by molar-refractivity contribution is 0.262. The van der Waals surface area contributed by atoms with Crippen LogP contribution in [0.3, 0.4) is 0 Å². The van der Waals surface area contributed by atoms with Crippen molar-refractivity contribution >= 4 is 44.9 Å². The number of aromatic nitrogens is 2.